The fourth-order valence-corrected chi connectivity index (χ4v) is 4.03. The molecule has 1 unspecified atom stereocenters. The highest BCUT2D eigenvalue weighted by atomic mass is 14.4. The largest absolute Gasteiger partial charge is 0.0651 e. The Morgan fingerprint density at radius 3 is 1.17 bits per heavy atom. The molecule has 0 aromatic carbocycles. The molecule has 0 nitrogen and oxygen atoms in total. The zero-order valence-corrected chi connectivity index (χ0v) is 26.9. The summed E-state index contributed by atoms with van der Waals surface area (Å²) >= 11 is 0. The summed E-state index contributed by atoms with van der Waals surface area (Å²) in [4.78, 5) is 0. The van der Waals surface area contributed by atoms with Gasteiger partial charge in [-0.3, -0.25) is 0 Å². The number of hydrogen-bond donors (Lipinski definition) is 0. The van der Waals surface area contributed by atoms with Crippen molar-refractivity contribution in [2.75, 3.05) is 0 Å². The molecule has 0 aromatic heterocycles. The van der Waals surface area contributed by atoms with Crippen molar-refractivity contribution in [3.8, 4) is 0 Å². The van der Waals surface area contributed by atoms with E-state index < -0.39 is 55.4 Å². The van der Waals surface area contributed by atoms with Crippen LogP contribution < -0.4 is 0 Å². The number of hydrogen-bond acceptors (Lipinski definition) is 0. The van der Waals surface area contributed by atoms with Crippen LogP contribution >= 0.6 is 0 Å². The quantitative estimate of drug-likeness (QED) is 0.337. The van der Waals surface area contributed by atoms with Gasteiger partial charge in [-0.2, -0.15) is 0 Å². The molecular weight excluding hydrogens is 432 g/mol. The van der Waals surface area contributed by atoms with Crippen LogP contribution in [0.4, 0.5) is 0 Å². The molecule has 2 rings (SSSR count). The number of rotatable bonds is 2. The first-order chi connectivity index (χ1) is 22.2. The fraction of sp³-hybridized carbons (Fsp3) is 1.00. The van der Waals surface area contributed by atoms with Gasteiger partial charge in [-0.05, 0) is 70.4 Å². The summed E-state index contributed by atoms with van der Waals surface area (Å²) in [7, 11) is 0. The lowest BCUT2D eigenvalue weighted by molar-refractivity contribution is 0.126. The van der Waals surface area contributed by atoms with Crippen molar-refractivity contribution in [2.45, 2.75) is 188 Å². The minimum absolute atomic E-state index is 0.118. The van der Waals surface area contributed by atoms with Crippen LogP contribution in [0.25, 0.3) is 0 Å². The Kier molecular flexibility index (Phi) is 7.93. The van der Waals surface area contributed by atoms with E-state index >= 15 is 0 Å². The molecule has 0 heteroatoms. The van der Waals surface area contributed by atoms with Crippen molar-refractivity contribution in [1.82, 2.24) is 0 Å². The first-order valence-corrected chi connectivity index (χ1v) is 14.2. The average molecular weight is 525 g/mol. The molecule has 0 spiro atoms. The van der Waals surface area contributed by atoms with Crippen LogP contribution in [0.15, 0.2) is 0 Å². The summed E-state index contributed by atoms with van der Waals surface area (Å²) in [6.45, 7) is 15.9. The lowest BCUT2D eigenvalue weighted by Crippen LogP contribution is -2.28. The summed E-state index contributed by atoms with van der Waals surface area (Å²) in [5, 5.41) is 0. The molecule has 0 bridgehead atoms. The SMILES string of the molecule is [2H]C([2H])([2H])C(C([2H])([2H])[2H])(C([2H])([2H])C)C(C)(C)C.[2H]C([2H])([2H])C([2H])(C([2H])([2H])C)C(C)(C)C.[2H]C1(C(C)(C)C)CCCC1.[2H]C1(C(C)(C)C)CCCCC1. The van der Waals surface area contributed by atoms with E-state index in [1.165, 1.54) is 52.9 Å². The molecule has 0 N–H and O–H groups in total. The van der Waals surface area contributed by atoms with Gasteiger partial charge in [-0.25, -0.2) is 0 Å². The van der Waals surface area contributed by atoms with E-state index in [2.05, 4.69) is 41.5 Å². The van der Waals surface area contributed by atoms with Crippen molar-refractivity contribution in [3.63, 3.8) is 0 Å². The van der Waals surface area contributed by atoms with E-state index in [1.54, 1.807) is 20.8 Å². The van der Waals surface area contributed by atoms with Gasteiger partial charge in [-0.1, -0.05) is 162 Å². The van der Waals surface area contributed by atoms with Gasteiger partial charge in [0.15, 0.2) is 0 Å². The molecule has 1 atom stereocenters. The third kappa shape index (κ3) is 16.8. The first kappa shape index (κ1) is 17.6. The average Bonchev–Trinajstić information content (AvgIpc) is 3.27. The molecule has 2 saturated carbocycles. The molecule has 0 amide bonds. The van der Waals surface area contributed by atoms with Crippen molar-refractivity contribution in [1.29, 1.82) is 0 Å². The second kappa shape index (κ2) is 16.2. The van der Waals surface area contributed by atoms with Crippen LogP contribution in [-0.4, -0.2) is 0 Å². The molecular formula is C36H76. The monoisotopic (exact) mass is 525 g/mol. The van der Waals surface area contributed by atoms with Crippen LogP contribution in [0.5, 0.6) is 0 Å². The van der Waals surface area contributed by atoms with Crippen LogP contribution in [-0.2, 0) is 0 Å². The predicted octanol–water partition coefficient (Wildman–Crippen LogP) is 13.4. The minimum atomic E-state index is -2.92. The van der Waals surface area contributed by atoms with E-state index in [0.717, 1.165) is 39.5 Å². The van der Waals surface area contributed by atoms with Crippen molar-refractivity contribution >= 4 is 0 Å². The normalized spacial score (nSPS) is 30.3. The van der Waals surface area contributed by atoms with Gasteiger partial charge in [0.1, 0.15) is 0 Å². The maximum absolute atomic E-state index is 8.27. The van der Waals surface area contributed by atoms with Crippen LogP contribution in [0.2, 0.25) is 0 Å². The molecule has 0 radical (unpaired) electrons. The maximum Gasteiger partial charge on any atom is 0.0308 e. The third-order valence-electron chi connectivity index (χ3n) is 7.29. The van der Waals surface area contributed by atoms with Crippen molar-refractivity contribution < 1.29 is 21.9 Å². The summed E-state index contributed by atoms with van der Waals surface area (Å²) in [5.41, 5.74) is -4.24. The second-order valence-corrected chi connectivity index (χ2v) is 14.6. The summed E-state index contributed by atoms with van der Waals surface area (Å²) in [6.07, 6.45) is 6.40. The van der Waals surface area contributed by atoms with E-state index in [0.29, 0.717) is 0 Å². The van der Waals surface area contributed by atoms with Crippen molar-refractivity contribution in [3.05, 3.63) is 0 Å². The van der Waals surface area contributed by atoms with Crippen LogP contribution in [0.1, 0.15) is 210 Å². The maximum atomic E-state index is 8.27. The Bertz CT molecular complexity index is 964. The fourth-order valence-electron chi connectivity index (χ4n) is 4.03. The molecule has 0 aromatic rings. The van der Waals surface area contributed by atoms with Gasteiger partial charge in [0, 0.05) is 21.9 Å². The molecule has 2 aliphatic carbocycles. The Morgan fingerprint density at radius 1 is 0.694 bits per heavy atom. The Morgan fingerprint density at radius 2 is 1.06 bits per heavy atom. The lowest BCUT2D eigenvalue weighted by atomic mass is 9.68. The Balaban J connectivity index is 0. The van der Waals surface area contributed by atoms with Crippen molar-refractivity contribution in [2.24, 2.45) is 44.8 Å². The summed E-state index contributed by atoms with van der Waals surface area (Å²) < 4.78 is 122. The highest BCUT2D eigenvalue weighted by Crippen LogP contribution is 2.40. The standard InChI is InChI=1S/C10H20.C9H18.C9H20.C8H18/c1-10(2,3)9-7-5-4-6-8-9;1-9(2,3)8-6-4-5-7-8;1-7-9(5,6)8(2,3)4;1-6-7(2)8(3,4)5/h9H,4-8H2,1-3H3;8H,4-7H2,1-3H3;7H2,1-6H3;7H,6H2,1-5H3/i9D;8D;5D3,6D3,7D2;2D3,6D2,7D. The second-order valence-electron chi connectivity index (χ2n) is 14.6. The van der Waals surface area contributed by atoms with E-state index in [9.17, 15) is 0 Å². The third-order valence-corrected chi connectivity index (χ3v) is 7.29. The van der Waals surface area contributed by atoms with Crippen LogP contribution in [0, 0.1) is 44.8 Å². The Labute approximate surface area is 255 Å². The molecule has 2 fully saturated rings. The molecule has 220 valence electrons. The highest BCUT2D eigenvalue weighted by Gasteiger charge is 2.30. The van der Waals surface area contributed by atoms with Gasteiger partial charge >= 0.3 is 0 Å². The molecule has 2 aliphatic rings. The lowest BCUT2D eigenvalue weighted by Gasteiger charge is -2.37. The Hall–Kier alpha value is 0. The van der Waals surface area contributed by atoms with Gasteiger partial charge in [0.2, 0.25) is 0 Å². The highest BCUT2D eigenvalue weighted by molar-refractivity contribution is 4.80. The molecule has 36 heavy (non-hydrogen) atoms. The smallest absolute Gasteiger partial charge is 0.0308 e. The van der Waals surface area contributed by atoms with Gasteiger partial charge < -0.3 is 0 Å². The summed E-state index contributed by atoms with van der Waals surface area (Å²) in [5.74, 6) is -2.36. The molecule has 0 saturated heterocycles. The predicted molar refractivity (Wildman–Crippen MR) is 170 cm³/mol. The van der Waals surface area contributed by atoms with E-state index in [-0.39, 0.29) is 22.6 Å². The molecule has 0 heterocycles. The summed E-state index contributed by atoms with van der Waals surface area (Å²) in [6, 6.07) is 0. The van der Waals surface area contributed by atoms with Gasteiger partial charge in [0.25, 0.3) is 0 Å². The zero-order chi connectivity index (χ0) is 42.9. The first-order valence-electron chi connectivity index (χ1n) is 22.2. The van der Waals surface area contributed by atoms with Gasteiger partial charge in [-0.15, -0.1) is 0 Å². The van der Waals surface area contributed by atoms with E-state index in [4.69, 9.17) is 21.9 Å². The minimum Gasteiger partial charge on any atom is -0.0651 e. The molecule has 0 aliphatic heterocycles. The zero-order valence-electron chi connectivity index (χ0n) is 42.9. The van der Waals surface area contributed by atoms with Crippen LogP contribution in [0.3, 0.4) is 0 Å². The van der Waals surface area contributed by atoms with E-state index in [1.807, 2.05) is 0 Å². The topological polar surface area (TPSA) is 0 Å². The van der Waals surface area contributed by atoms with Gasteiger partial charge in [0.05, 0.1) is 0 Å².